The number of nitrogens with one attached hydrogen (secondary N) is 1. The van der Waals surface area contributed by atoms with Gasteiger partial charge in [0.2, 0.25) is 10.0 Å². The number of nitrogens with zero attached hydrogens (tertiary/aromatic N) is 1. The number of rotatable bonds is 6. The molecule has 0 amide bonds. The summed E-state index contributed by atoms with van der Waals surface area (Å²) in [5.41, 5.74) is 6.96. The van der Waals surface area contributed by atoms with E-state index < -0.39 is 10.0 Å². The Morgan fingerprint density at radius 1 is 1.20 bits per heavy atom. The van der Waals surface area contributed by atoms with Gasteiger partial charge in [-0.2, -0.15) is 0 Å². The lowest BCUT2D eigenvalue weighted by molar-refractivity contribution is 0.232. The summed E-state index contributed by atoms with van der Waals surface area (Å²) in [5, 5.41) is 0. The van der Waals surface area contributed by atoms with Crippen LogP contribution in [0.2, 0.25) is 0 Å². The molecule has 0 spiro atoms. The lowest BCUT2D eigenvalue weighted by Gasteiger charge is -2.26. The Morgan fingerprint density at radius 2 is 1.95 bits per heavy atom. The first-order chi connectivity index (χ1) is 9.55. The SMILES string of the molecule is Nc1cccc(CS(=O)(=O)NCCN2CCCCC2)c1. The molecule has 0 aliphatic carbocycles. The van der Waals surface area contributed by atoms with Crippen LogP contribution < -0.4 is 10.5 Å². The molecule has 0 aromatic heterocycles. The third-order valence-corrected chi connectivity index (χ3v) is 4.86. The minimum absolute atomic E-state index is 0.0158. The number of sulfonamides is 1. The van der Waals surface area contributed by atoms with E-state index in [9.17, 15) is 8.42 Å². The molecule has 20 heavy (non-hydrogen) atoms. The third kappa shape index (κ3) is 5.11. The van der Waals surface area contributed by atoms with Crippen molar-refractivity contribution >= 4 is 15.7 Å². The molecule has 112 valence electrons. The second-order valence-electron chi connectivity index (χ2n) is 5.30. The van der Waals surface area contributed by atoms with Gasteiger partial charge in [-0.3, -0.25) is 0 Å². The van der Waals surface area contributed by atoms with E-state index in [1.54, 1.807) is 24.3 Å². The summed E-state index contributed by atoms with van der Waals surface area (Å²) in [6.45, 7) is 3.43. The molecule has 0 radical (unpaired) electrons. The Kier molecular flexibility index (Phi) is 5.39. The first-order valence-corrected chi connectivity index (χ1v) is 8.74. The van der Waals surface area contributed by atoms with E-state index in [4.69, 9.17) is 5.73 Å². The third-order valence-electron chi connectivity index (χ3n) is 3.51. The van der Waals surface area contributed by atoms with Crippen LogP contribution in [0, 0.1) is 0 Å². The Balaban J connectivity index is 1.78. The smallest absolute Gasteiger partial charge is 0.215 e. The summed E-state index contributed by atoms with van der Waals surface area (Å²) in [5.74, 6) is -0.0158. The highest BCUT2D eigenvalue weighted by atomic mass is 32.2. The van der Waals surface area contributed by atoms with Gasteiger partial charge in [0, 0.05) is 18.8 Å². The van der Waals surface area contributed by atoms with Crippen molar-refractivity contribution in [1.29, 1.82) is 0 Å². The van der Waals surface area contributed by atoms with Crippen LogP contribution in [0.5, 0.6) is 0 Å². The zero-order valence-corrected chi connectivity index (χ0v) is 12.5. The summed E-state index contributed by atoms with van der Waals surface area (Å²) >= 11 is 0. The van der Waals surface area contributed by atoms with E-state index in [1.165, 1.54) is 19.3 Å². The average molecular weight is 297 g/mol. The summed E-state index contributed by atoms with van der Waals surface area (Å²) in [4.78, 5) is 2.31. The van der Waals surface area contributed by atoms with Crippen molar-refractivity contribution in [2.24, 2.45) is 0 Å². The van der Waals surface area contributed by atoms with Gasteiger partial charge in [-0.1, -0.05) is 18.6 Å². The molecule has 1 heterocycles. The molecule has 1 aromatic rings. The maximum absolute atomic E-state index is 12.0. The number of likely N-dealkylation sites (tertiary alicyclic amines) is 1. The van der Waals surface area contributed by atoms with Crippen LogP contribution in [0.1, 0.15) is 24.8 Å². The van der Waals surface area contributed by atoms with Crippen LogP contribution in [-0.2, 0) is 15.8 Å². The topological polar surface area (TPSA) is 75.4 Å². The predicted molar refractivity (Wildman–Crippen MR) is 81.8 cm³/mol. The Morgan fingerprint density at radius 3 is 2.65 bits per heavy atom. The second-order valence-corrected chi connectivity index (χ2v) is 7.11. The van der Waals surface area contributed by atoms with Crippen molar-refractivity contribution in [2.45, 2.75) is 25.0 Å². The van der Waals surface area contributed by atoms with Crippen molar-refractivity contribution in [1.82, 2.24) is 9.62 Å². The minimum atomic E-state index is -3.28. The summed E-state index contributed by atoms with van der Waals surface area (Å²) in [6, 6.07) is 7.00. The molecule has 3 N–H and O–H groups in total. The predicted octanol–water partition coefficient (Wildman–Crippen LogP) is 1.17. The van der Waals surface area contributed by atoms with Crippen LogP contribution in [0.4, 0.5) is 5.69 Å². The van der Waals surface area contributed by atoms with Gasteiger partial charge >= 0.3 is 0 Å². The molecule has 1 saturated heterocycles. The molecule has 0 unspecified atom stereocenters. The molecule has 1 fully saturated rings. The first kappa shape index (κ1) is 15.3. The number of nitrogens with two attached hydrogens (primary N) is 1. The highest BCUT2D eigenvalue weighted by molar-refractivity contribution is 7.88. The van der Waals surface area contributed by atoms with E-state index in [1.807, 2.05) is 0 Å². The highest BCUT2D eigenvalue weighted by Gasteiger charge is 2.13. The number of hydrogen-bond acceptors (Lipinski definition) is 4. The van der Waals surface area contributed by atoms with Gasteiger partial charge in [-0.15, -0.1) is 0 Å². The number of anilines is 1. The maximum Gasteiger partial charge on any atom is 0.215 e. The van der Waals surface area contributed by atoms with Crippen molar-refractivity contribution in [3.63, 3.8) is 0 Å². The molecule has 5 nitrogen and oxygen atoms in total. The van der Waals surface area contributed by atoms with E-state index >= 15 is 0 Å². The molecule has 0 atom stereocenters. The van der Waals surface area contributed by atoms with Crippen molar-refractivity contribution in [3.05, 3.63) is 29.8 Å². The van der Waals surface area contributed by atoms with Crippen LogP contribution in [-0.4, -0.2) is 39.5 Å². The zero-order valence-electron chi connectivity index (χ0n) is 11.7. The molecular weight excluding hydrogens is 274 g/mol. The van der Waals surface area contributed by atoms with Gasteiger partial charge in [0.25, 0.3) is 0 Å². The number of hydrogen-bond donors (Lipinski definition) is 2. The van der Waals surface area contributed by atoms with Gasteiger partial charge in [0.15, 0.2) is 0 Å². The number of nitrogen functional groups attached to an aromatic ring is 1. The monoisotopic (exact) mass is 297 g/mol. The Bertz CT molecular complexity index is 525. The van der Waals surface area contributed by atoms with Crippen LogP contribution in [0.3, 0.4) is 0 Å². The van der Waals surface area contributed by atoms with Crippen LogP contribution >= 0.6 is 0 Å². The van der Waals surface area contributed by atoms with Crippen molar-refractivity contribution < 1.29 is 8.42 Å². The molecule has 1 aromatic carbocycles. The van der Waals surface area contributed by atoms with Gasteiger partial charge < -0.3 is 10.6 Å². The number of piperidine rings is 1. The van der Waals surface area contributed by atoms with E-state index in [0.717, 1.165) is 25.2 Å². The van der Waals surface area contributed by atoms with Crippen molar-refractivity contribution in [3.8, 4) is 0 Å². The first-order valence-electron chi connectivity index (χ1n) is 7.09. The highest BCUT2D eigenvalue weighted by Crippen LogP contribution is 2.10. The van der Waals surface area contributed by atoms with Crippen LogP contribution in [0.25, 0.3) is 0 Å². The van der Waals surface area contributed by atoms with Gasteiger partial charge in [0.05, 0.1) is 5.75 Å². The summed E-state index contributed by atoms with van der Waals surface area (Å²) in [6.07, 6.45) is 3.73. The molecule has 0 saturated carbocycles. The lowest BCUT2D eigenvalue weighted by atomic mass is 10.1. The quantitative estimate of drug-likeness (QED) is 0.773. The van der Waals surface area contributed by atoms with Crippen LogP contribution in [0.15, 0.2) is 24.3 Å². The molecule has 1 aliphatic heterocycles. The molecular formula is C14H23N3O2S. The molecule has 6 heteroatoms. The number of benzene rings is 1. The lowest BCUT2D eigenvalue weighted by Crippen LogP contribution is -2.38. The zero-order chi connectivity index (χ0) is 14.4. The largest absolute Gasteiger partial charge is 0.399 e. The minimum Gasteiger partial charge on any atom is -0.399 e. The van der Waals surface area contributed by atoms with Crippen molar-refractivity contribution in [2.75, 3.05) is 31.9 Å². The van der Waals surface area contributed by atoms with Gasteiger partial charge in [-0.05, 0) is 43.6 Å². The summed E-state index contributed by atoms with van der Waals surface area (Å²) < 4.78 is 26.6. The normalized spacial score (nSPS) is 17.2. The average Bonchev–Trinajstić information content (AvgIpc) is 2.39. The van der Waals surface area contributed by atoms with E-state index in [2.05, 4.69) is 9.62 Å². The standard InChI is InChI=1S/C14H23N3O2S/c15-14-6-4-5-13(11-14)12-20(18,19)16-7-10-17-8-2-1-3-9-17/h4-6,11,16H,1-3,7-10,12,15H2. The molecule has 0 bridgehead atoms. The second kappa shape index (κ2) is 7.06. The van der Waals surface area contributed by atoms with Gasteiger partial charge in [0.1, 0.15) is 0 Å². The van der Waals surface area contributed by atoms with E-state index in [0.29, 0.717) is 12.2 Å². The Labute approximate surface area is 121 Å². The fourth-order valence-electron chi connectivity index (χ4n) is 2.50. The molecule has 2 rings (SSSR count). The molecule has 1 aliphatic rings. The fourth-order valence-corrected chi connectivity index (χ4v) is 3.62. The van der Waals surface area contributed by atoms with E-state index in [-0.39, 0.29) is 5.75 Å². The van der Waals surface area contributed by atoms with Gasteiger partial charge in [-0.25, -0.2) is 13.1 Å². The maximum atomic E-state index is 12.0. The fraction of sp³-hybridized carbons (Fsp3) is 0.571. The summed E-state index contributed by atoms with van der Waals surface area (Å²) in [7, 11) is -3.28. The Hall–Kier alpha value is -1.11.